The maximum Gasteiger partial charge on any atom is 2.00 e. The van der Waals surface area contributed by atoms with Crippen LogP contribution in [0.25, 0.3) is 0 Å². The average Bonchev–Trinajstić information content (AvgIpc) is 2.81. The predicted octanol–water partition coefficient (Wildman–Crippen LogP) is 3.73. The van der Waals surface area contributed by atoms with Gasteiger partial charge in [0, 0.05) is 25.0 Å². The molecular formula is C32H60BaO9. The Morgan fingerprint density at radius 1 is 0.476 bits per heavy atom. The fourth-order valence-electron chi connectivity index (χ4n) is 1.93. The van der Waals surface area contributed by atoms with Crippen LogP contribution in [0.1, 0.15) is 83.1 Å². The molecule has 42 heavy (non-hydrogen) atoms. The Kier molecular flexibility index (Phi) is 29.0. The predicted molar refractivity (Wildman–Crippen MR) is 166 cm³/mol. The molecule has 0 radical (unpaired) electrons. The van der Waals surface area contributed by atoms with Gasteiger partial charge >= 0.3 is 48.9 Å². The summed E-state index contributed by atoms with van der Waals surface area (Å²) < 4.78 is 25.3. The van der Waals surface area contributed by atoms with Crippen molar-refractivity contribution in [2.45, 2.75) is 83.1 Å². The first kappa shape index (κ1) is 48.7. The second-order valence-electron chi connectivity index (χ2n) is 13.6. The Bertz CT molecular complexity index is 699. The summed E-state index contributed by atoms with van der Waals surface area (Å²) in [5.74, 6) is -0.417. The Balaban J connectivity index is -0.000000256. The van der Waals surface area contributed by atoms with Crippen LogP contribution < -0.4 is 10.2 Å². The van der Waals surface area contributed by atoms with Gasteiger partial charge in [0.1, 0.15) is 0 Å². The van der Waals surface area contributed by atoms with E-state index in [9.17, 15) is 19.8 Å². The van der Waals surface area contributed by atoms with Gasteiger partial charge in [0.25, 0.3) is 0 Å². The third kappa shape index (κ3) is 31.2. The number of carbonyl (C=O) groups excluding carboxylic acids is 2. The molecule has 0 bridgehead atoms. The molecule has 9 nitrogen and oxygen atoms in total. The second kappa shape index (κ2) is 25.0. The van der Waals surface area contributed by atoms with Gasteiger partial charge in [-0.05, 0) is 23.0 Å². The smallest absolute Gasteiger partial charge is 0.875 e. The number of hydrogen-bond donors (Lipinski definition) is 0. The summed E-state index contributed by atoms with van der Waals surface area (Å²) >= 11 is 0. The van der Waals surface area contributed by atoms with Crippen molar-refractivity contribution < 1.29 is 43.5 Å². The van der Waals surface area contributed by atoms with E-state index in [2.05, 4.69) is 0 Å². The van der Waals surface area contributed by atoms with Crippen molar-refractivity contribution in [3.8, 4) is 0 Å². The van der Waals surface area contributed by atoms with Gasteiger partial charge in [-0.25, -0.2) is 0 Å². The van der Waals surface area contributed by atoms with E-state index in [-0.39, 0.29) is 72.0 Å². The molecule has 0 heterocycles. The minimum absolute atomic E-state index is 0. The van der Waals surface area contributed by atoms with Gasteiger partial charge in [0.05, 0.1) is 52.9 Å². The van der Waals surface area contributed by atoms with Gasteiger partial charge in [-0.15, -0.1) is 11.5 Å². The molecular weight excluding hydrogens is 666 g/mol. The van der Waals surface area contributed by atoms with Crippen LogP contribution >= 0.6 is 0 Å². The van der Waals surface area contributed by atoms with Crippen LogP contribution in [0, 0.1) is 21.7 Å². The summed E-state index contributed by atoms with van der Waals surface area (Å²) in [5.41, 5.74) is -1.83. The van der Waals surface area contributed by atoms with Crippen LogP contribution in [0.3, 0.4) is 0 Å². The minimum Gasteiger partial charge on any atom is -0.875 e. The van der Waals surface area contributed by atoms with Crippen molar-refractivity contribution in [2.24, 2.45) is 21.7 Å². The summed E-state index contributed by atoms with van der Waals surface area (Å²) in [4.78, 5) is 22.9. The van der Waals surface area contributed by atoms with Crippen molar-refractivity contribution in [3.63, 3.8) is 0 Å². The zero-order valence-electron chi connectivity index (χ0n) is 29.2. The van der Waals surface area contributed by atoms with Gasteiger partial charge in [0.15, 0.2) is 11.6 Å². The fourth-order valence-corrected chi connectivity index (χ4v) is 1.93. The molecule has 0 aliphatic carbocycles. The summed E-state index contributed by atoms with van der Waals surface area (Å²) in [6.07, 6.45) is 2.44. The summed E-state index contributed by atoms with van der Waals surface area (Å²) in [7, 11) is 3.30. The Hall–Kier alpha value is -0.209. The number of ether oxygens (including phenoxy) is 5. The van der Waals surface area contributed by atoms with Crippen molar-refractivity contribution in [2.75, 3.05) is 67.1 Å². The number of ketones is 2. The first-order chi connectivity index (χ1) is 18.5. The fraction of sp³-hybridized carbons (Fsp3) is 0.812. The Labute approximate surface area is 297 Å². The van der Waals surface area contributed by atoms with Crippen LogP contribution in [-0.2, 0) is 33.3 Å². The Morgan fingerprint density at radius 2 is 0.690 bits per heavy atom. The van der Waals surface area contributed by atoms with E-state index in [0.29, 0.717) is 52.9 Å². The molecule has 0 unspecified atom stereocenters. The van der Waals surface area contributed by atoms with Crippen LogP contribution in [0.15, 0.2) is 23.7 Å². The molecule has 0 amide bonds. The van der Waals surface area contributed by atoms with E-state index in [0.717, 1.165) is 0 Å². The third-order valence-electron chi connectivity index (χ3n) is 5.09. The average molecular weight is 726 g/mol. The summed E-state index contributed by atoms with van der Waals surface area (Å²) in [6, 6.07) is 0. The van der Waals surface area contributed by atoms with Crippen molar-refractivity contribution in [1.82, 2.24) is 0 Å². The molecule has 0 aromatic heterocycles. The molecule has 0 aliphatic rings. The van der Waals surface area contributed by atoms with Gasteiger partial charge in [-0.3, -0.25) is 9.59 Å². The van der Waals surface area contributed by atoms with E-state index in [1.807, 2.05) is 83.1 Å². The van der Waals surface area contributed by atoms with Crippen LogP contribution in [0.4, 0.5) is 0 Å². The van der Waals surface area contributed by atoms with Crippen LogP contribution in [0.2, 0.25) is 0 Å². The molecule has 0 N–H and O–H groups in total. The molecule has 0 spiro atoms. The molecule has 0 saturated heterocycles. The maximum absolute atomic E-state index is 11.4. The normalized spacial score (nSPS) is 12.8. The monoisotopic (exact) mass is 726 g/mol. The number of carbonyl (C=O) groups is 2. The quantitative estimate of drug-likeness (QED) is 0.114. The van der Waals surface area contributed by atoms with E-state index in [4.69, 9.17) is 23.7 Å². The molecule has 10 heteroatoms. The minimum atomic E-state index is -0.457. The molecule has 0 aromatic rings. The molecule has 244 valence electrons. The van der Waals surface area contributed by atoms with E-state index in [1.54, 1.807) is 14.2 Å². The van der Waals surface area contributed by atoms with Crippen molar-refractivity contribution in [3.05, 3.63) is 23.7 Å². The van der Waals surface area contributed by atoms with Gasteiger partial charge in [0.2, 0.25) is 0 Å². The molecule has 0 aromatic carbocycles. The zero-order chi connectivity index (χ0) is 32.9. The molecule has 0 rings (SSSR count). The number of methoxy groups -OCH3 is 2. The van der Waals surface area contributed by atoms with Gasteiger partial charge in [-0.1, -0.05) is 83.1 Å². The molecule has 0 aliphatic heterocycles. The van der Waals surface area contributed by atoms with Crippen LogP contribution in [0.5, 0.6) is 0 Å². The van der Waals surface area contributed by atoms with Gasteiger partial charge in [-0.2, -0.15) is 0 Å². The first-order valence-electron chi connectivity index (χ1n) is 14.1. The molecule has 0 saturated carbocycles. The number of allylic oxidation sites excluding steroid dienone is 4. The Morgan fingerprint density at radius 3 is 0.857 bits per heavy atom. The second-order valence-corrected chi connectivity index (χ2v) is 13.6. The largest absolute Gasteiger partial charge is 2.00 e. The standard InChI is InChI=1S/2C11H20O2.C10H22O5.Ba/c2*1-10(2,3)8(12)7-9(13)11(4,5)6;1-11-3-5-13-7-9-15-10-8-14-6-4-12-2;/h2*7,12H,1-6H3;3-10H2,1-2H3;/q;;;+2/p-2. The molecule has 0 atom stereocenters. The van der Waals surface area contributed by atoms with Crippen LogP contribution in [-0.4, -0.2) is 128 Å². The number of hydrogen-bond acceptors (Lipinski definition) is 9. The molecule has 0 fully saturated rings. The summed E-state index contributed by atoms with van der Waals surface area (Å²) in [5, 5.41) is 22.9. The first-order valence-corrected chi connectivity index (χ1v) is 14.1. The summed E-state index contributed by atoms with van der Waals surface area (Å²) in [6.45, 7) is 26.6. The third-order valence-corrected chi connectivity index (χ3v) is 5.09. The van der Waals surface area contributed by atoms with Gasteiger partial charge < -0.3 is 33.9 Å². The van der Waals surface area contributed by atoms with Crippen molar-refractivity contribution in [1.29, 1.82) is 0 Å². The van der Waals surface area contributed by atoms with E-state index < -0.39 is 21.7 Å². The van der Waals surface area contributed by atoms with E-state index in [1.165, 1.54) is 12.2 Å². The van der Waals surface area contributed by atoms with Crippen molar-refractivity contribution >= 4 is 60.4 Å². The zero-order valence-corrected chi connectivity index (χ0v) is 33.6. The maximum atomic E-state index is 11.4. The topological polar surface area (TPSA) is 126 Å². The SMILES string of the molecule is CC(C)(C)C(=O)C=C([O-])C(C)(C)C.CC(C)(C)C(=O)C=C([O-])C(C)(C)C.COCCOCCOCCOCCOC.[Ba+2]. The number of rotatable bonds is 14. The van der Waals surface area contributed by atoms with E-state index >= 15 is 0 Å².